The summed E-state index contributed by atoms with van der Waals surface area (Å²) in [7, 11) is 1.43. The average molecular weight is 198 g/mol. The Balaban J connectivity index is 2.00. The molecule has 3 nitrogen and oxygen atoms in total. The zero-order chi connectivity index (χ0) is 10.3. The van der Waals surface area contributed by atoms with Crippen LogP contribution in [-0.4, -0.2) is 17.9 Å². The number of rotatable bonds is 3. The molecule has 0 aliphatic heterocycles. The van der Waals surface area contributed by atoms with Gasteiger partial charge < -0.3 is 10.0 Å². The third kappa shape index (κ3) is 1.81. The Morgan fingerprint density at radius 3 is 2.43 bits per heavy atom. The highest BCUT2D eigenvalue weighted by Gasteiger charge is 2.47. The van der Waals surface area contributed by atoms with Crippen LogP contribution in [0.5, 0.6) is 0 Å². The molecule has 2 aliphatic rings. The van der Waals surface area contributed by atoms with E-state index in [4.69, 9.17) is 4.84 Å². The van der Waals surface area contributed by atoms with Crippen LogP contribution in [0.2, 0.25) is 0 Å². The van der Waals surface area contributed by atoms with E-state index in [1.807, 2.05) is 13.8 Å². The zero-order valence-corrected chi connectivity index (χ0v) is 9.32. The van der Waals surface area contributed by atoms with Crippen molar-refractivity contribution < 1.29 is 4.84 Å². The summed E-state index contributed by atoms with van der Waals surface area (Å²) in [5.41, 5.74) is -0.281. The van der Waals surface area contributed by atoms with E-state index in [0.29, 0.717) is 11.1 Å². The average Bonchev–Trinajstić information content (AvgIpc) is 2.60. The maximum Gasteiger partial charge on any atom is 0.0862 e. The Kier molecular flexibility index (Phi) is 2.58. The Bertz CT molecular complexity index is 215. The van der Waals surface area contributed by atoms with Crippen LogP contribution in [-0.2, 0) is 4.84 Å². The number of hydrogen-bond acceptors (Lipinski definition) is 3. The fourth-order valence-corrected chi connectivity index (χ4v) is 3.50. The molecule has 3 atom stereocenters. The van der Waals surface area contributed by atoms with Crippen molar-refractivity contribution in [2.24, 2.45) is 17.8 Å². The molecule has 0 heterocycles. The highest BCUT2D eigenvalue weighted by atomic mass is 16.9. The normalized spacial score (nSPS) is 37.1. The molecule has 14 heavy (non-hydrogen) atoms. The quantitative estimate of drug-likeness (QED) is 0.654. The largest absolute Gasteiger partial charge is 0.762 e. The first-order valence-corrected chi connectivity index (χ1v) is 5.59. The van der Waals surface area contributed by atoms with E-state index in [0.717, 1.165) is 11.8 Å². The van der Waals surface area contributed by atoms with Crippen LogP contribution < -0.4 is 0 Å². The topological polar surface area (TPSA) is 35.5 Å². The van der Waals surface area contributed by atoms with Crippen molar-refractivity contribution in [2.75, 3.05) is 7.05 Å². The first-order valence-electron chi connectivity index (χ1n) is 5.59. The molecular formula is C11H20NO2-. The monoisotopic (exact) mass is 198 g/mol. The molecule has 3 heteroatoms. The van der Waals surface area contributed by atoms with Crippen molar-refractivity contribution in [2.45, 2.75) is 45.1 Å². The predicted molar refractivity (Wildman–Crippen MR) is 55.2 cm³/mol. The van der Waals surface area contributed by atoms with Crippen molar-refractivity contribution in [1.29, 1.82) is 0 Å². The van der Waals surface area contributed by atoms with E-state index in [-0.39, 0.29) is 5.60 Å². The number of nitrogens with zero attached hydrogens (tertiary/aromatic N) is 1. The summed E-state index contributed by atoms with van der Waals surface area (Å²) < 4.78 is 0. The molecule has 2 saturated carbocycles. The second kappa shape index (κ2) is 3.47. The van der Waals surface area contributed by atoms with Crippen LogP contribution in [0.4, 0.5) is 0 Å². The van der Waals surface area contributed by atoms with Crippen LogP contribution in [0.3, 0.4) is 0 Å². The molecule has 0 spiro atoms. The van der Waals surface area contributed by atoms with Gasteiger partial charge in [-0.2, -0.15) is 0 Å². The first-order chi connectivity index (χ1) is 6.49. The van der Waals surface area contributed by atoms with Gasteiger partial charge in [0.1, 0.15) is 0 Å². The minimum Gasteiger partial charge on any atom is -0.762 e. The number of fused-ring (bicyclic) bond motifs is 2. The lowest BCUT2D eigenvalue weighted by molar-refractivity contribution is -0.219. The summed E-state index contributed by atoms with van der Waals surface area (Å²) in [5, 5.41) is 11.5. The van der Waals surface area contributed by atoms with Gasteiger partial charge in [-0.05, 0) is 57.9 Å². The third-order valence-corrected chi connectivity index (χ3v) is 3.99. The molecule has 2 aliphatic carbocycles. The molecule has 82 valence electrons. The second-order valence-corrected chi connectivity index (χ2v) is 5.42. The fraction of sp³-hybridized carbons (Fsp3) is 1.00. The molecule has 0 radical (unpaired) electrons. The molecule has 0 aromatic rings. The highest BCUT2D eigenvalue weighted by Crippen LogP contribution is 2.52. The van der Waals surface area contributed by atoms with Crippen LogP contribution in [0.25, 0.3) is 0 Å². The van der Waals surface area contributed by atoms with Gasteiger partial charge in [0.15, 0.2) is 0 Å². The maximum absolute atomic E-state index is 10.9. The minimum absolute atomic E-state index is 0.281. The molecule has 0 saturated heterocycles. The van der Waals surface area contributed by atoms with Crippen LogP contribution >= 0.6 is 0 Å². The first kappa shape index (κ1) is 10.4. The smallest absolute Gasteiger partial charge is 0.0862 e. The molecule has 0 amide bonds. The molecule has 2 bridgehead atoms. The SMILES string of the molecule is CN([O-])OC(C)(C)C1CC2CCC1C2. The van der Waals surface area contributed by atoms with Gasteiger partial charge in [0, 0.05) is 0 Å². The van der Waals surface area contributed by atoms with Crippen molar-refractivity contribution >= 4 is 0 Å². The Morgan fingerprint density at radius 2 is 2.00 bits per heavy atom. The van der Waals surface area contributed by atoms with E-state index >= 15 is 0 Å². The fourth-order valence-electron chi connectivity index (χ4n) is 3.50. The van der Waals surface area contributed by atoms with Gasteiger partial charge in [-0.3, -0.25) is 5.23 Å². The lowest BCUT2D eigenvalue weighted by atomic mass is 9.78. The summed E-state index contributed by atoms with van der Waals surface area (Å²) in [6.45, 7) is 4.10. The summed E-state index contributed by atoms with van der Waals surface area (Å²) in [6.07, 6.45) is 5.35. The molecule has 2 fully saturated rings. The molecule has 0 aromatic carbocycles. The van der Waals surface area contributed by atoms with Gasteiger partial charge in [0.25, 0.3) is 0 Å². The molecule has 2 rings (SSSR count). The van der Waals surface area contributed by atoms with Gasteiger partial charge in [-0.15, -0.1) is 0 Å². The second-order valence-electron chi connectivity index (χ2n) is 5.42. The van der Waals surface area contributed by atoms with Crippen molar-refractivity contribution in [3.8, 4) is 0 Å². The van der Waals surface area contributed by atoms with Gasteiger partial charge in [0.2, 0.25) is 0 Å². The van der Waals surface area contributed by atoms with Crippen molar-refractivity contribution in [1.82, 2.24) is 5.23 Å². The zero-order valence-electron chi connectivity index (χ0n) is 9.32. The molecule has 0 aromatic heterocycles. The summed E-state index contributed by atoms with van der Waals surface area (Å²) in [6, 6.07) is 0. The van der Waals surface area contributed by atoms with E-state index in [1.54, 1.807) is 0 Å². The van der Waals surface area contributed by atoms with Crippen molar-refractivity contribution in [3.63, 3.8) is 0 Å². The van der Waals surface area contributed by atoms with E-state index in [9.17, 15) is 5.21 Å². The van der Waals surface area contributed by atoms with Crippen LogP contribution in [0.15, 0.2) is 0 Å². The lowest BCUT2D eigenvalue weighted by Crippen LogP contribution is -2.41. The van der Waals surface area contributed by atoms with E-state index in [2.05, 4.69) is 0 Å². The summed E-state index contributed by atoms with van der Waals surface area (Å²) in [4.78, 5) is 5.35. The Labute approximate surface area is 86.0 Å². The van der Waals surface area contributed by atoms with Gasteiger partial charge in [-0.25, -0.2) is 0 Å². The van der Waals surface area contributed by atoms with E-state index < -0.39 is 0 Å². The Morgan fingerprint density at radius 1 is 1.29 bits per heavy atom. The Hall–Kier alpha value is -0.120. The maximum atomic E-state index is 10.9. The minimum atomic E-state index is -0.281. The van der Waals surface area contributed by atoms with Gasteiger partial charge >= 0.3 is 0 Å². The summed E-state index contributed by atoms with van der Waals surface area (Å²) in [5.74, 6) is 2.29. The van der Waals surface area contributed by atoms with Crippen molar-refractivity contribution in [3.05, 3.63) is 5.21 Å². The van der Waals surface area contributed by atoms with Crippen LogP contribution in [0, 0.1) is 23.0 Å². The third-order valence-electron chi connectivity index (χ3n) is 3.99. The number of hydrogen-bond donors (Lipinski definition) is 0. The highest BCUT2D eigenvalue weighted by molar-refractivity contribution is 4.97. The summed E-state index contributed by atoms with van der Waals surface area (Å²) >= 11 is 0. The predicted octanol–water partition coefficient (Wildman–Crippen LogP) is 2.56. The lowest BCUT2D eigenvalue weighted by Gasteiger charge is -2.41. The van der Waals surface area contributed by atoms with Gasteiger partial charge in [0.05, 0.1) is 5.60 Å². The standard InChI is InChI=1S/C11H20NO2/c1-11(2,14-12(3)13)10-7-8-4-5-9(10)6-8/h8-10H,4-7H2,1-3H3/q-1. The molecule has 0 N–H and O–H groups in total. The van der Waals surface area contributed by atoms with Crippen LogP contribution in [0.1, 0.15) is 39.5 Å². The van der Waals surface area contributed by atoms with E-state index in [1.165, 1.54) is 32.7 Å². The molecular weight excluding hydrogens is 178 g/mol. The number of hydroxylamine groups is 2. The molecule has 3 unspecified atom stereocenters. The van der Waals surface area contributed by atoms with Gasteiger partial charge in [-0.1, -0.05) is 6.42 Å².